The Kier molecular flexibility index (Phi) is 5.35. The predicted molar refractivity (Wildman–Crippen MR) is 66.5 cm³/mol. The standard InChI is InChI=1S/C13H14N2O4/c1-9(7-14)19-12(16)8-15-13(17)10-5-3-4-6-11(10)18-2/h3-6,9H,8H2,1-2H3,(H,15,17)/t9-/m1/s1. The molecule has 6 nitrogen and oxygen atoms in total. The maximum Gasteiger partial charge on any atom is 0.326 e. The second kappa shape index (κ2) is 7.01. The van der Waals surface area contributed by atoms with E-state index in [4.69, 9.17) is 14.7 Å². The Bertz CT molecular complexity index is 508. The predicted octanol–water partition coefficient (Wildman–Crippen LogP) is 0.880. The highest BCUT2D eigenvalue weighted by molar-refractivity contribution is 5.98. The largest absolute Gasteiger partial charge is 0.496 e. The number of para-hydroxylation sites is 1. The quantitative estimate of drug-likeness (QED) is 0.796. The number of esters is 1. The van der Waals surface area contributed by atoms with Crippen LogP contribution < -0.4 is 10.1 Å². The van der Waals surface area contributed by atoms with Crippen LogP contribution >= 0.6 is 0 Å². The summed E-state index contributed by atoms with van der Waals surface area (Å²) in [6.45, 7) is 1.14. The van der Waals surface area contributed by atoms with Crippen molar-refractivity contribution in [2.45, 2.75) is 13.0 Å². The van der Waals surface area contributed by atoms with Gasteiger partial charge in [0.1, 0.15) is 18.4 Å². The van der Waals surface area contributed by atoms with Crippen molar-refractivity contribution in [2.24, 2.45) is 0 Å². The first-order valence-corrected chi connectivity index (χ1v) is 5.58. The number of carbonyl (C=O) groups excluding carboxylic acids is 2. The Labute approximate surface area is 110 Å². The van der Waals surface area contributed by atoms with Crippen LogP contribution in [0, 0.1) is 11.3 Å². The number of hydrogen-bond acceptors (Lipinski definition) is 5. The lowest BCUT2D eigenvalue weighted by Crippen LogP contribution is -2.32. The molecule has 0 heterocycles. The minimum Gasteiger partial charge on any atom is -0.496 e. The summed E-state index contributed by atoms with van der Waals surface area (Å²) in [6.07, 6.45) is -0.837. The van der Waals surface area contributed by atoms with Crippen LogP contribution in [0.5, 0.6) is 5.75 Å². The number of nitrogens with one attached hydrogen (secondary N) is 1. The van der Waals surface area contributed by atoms with Crippen LogP contribution in [0.4, 0.5) is 0 Å². The summed E-state index contributed by atoms with van der Waals surface area (Å²) in [5.74, 6) is -0.699. The summed E-state index contributed by atoms with van der Waals surface area (Å²) in [5, 5.41) is 10.9. The molecular formula is C13H14N2O4. The van der Waals surface area contributed by atoms with Gasteiger partial charge in [0.2, 0.25) is 0 Å². The van der Waals surface area contributed by atoms with Crippen molar-refractivity contribution in [3.05, 3.63) is 29.8 Å². The fourth-order valence-corrected chi connectivity index (χ4v) is 1.35. The van der Waals surface area contributed by atoms with Crippen molar-refractivity contribution >= 4 is 11.9 Å². The van der Waals surface area contributed by atoms with Gasteiger partial charge in [0, 0.05) is 0 Å². The van der Waals surface area contributed by atoms with Crippen LogP contribution in [0.2, 0.25) is 0 Å². The fourth-order valence-electron chi connectivity index (χ4n) is 1.35. The number of rotatable bonds is 5. The maximum absolute atomic E-state index is 11.8. The van der Waals surface area contributed by atoms with Gasteiger partial charge < -0.3 is 14.8 Å². The Morgan fingerprint density at radius 3 is 2.74 bits per heavy atom. The molecule has 100 valence electrons. The number of methoxy groups -OCH3 is 1. The topological polar surface area (TPSA) is 88.4 Å². The second-order valence-corrected chi connectivity index (χ2v) is 3.64. The third-order valence-corrected chi connectivity index (χ3v) is 2.23. The molecule has 1 N–H and O–H groups in total. The van der Waals surface area contributed by atoms with E-state index in [0.29, 0.717) is 11.3 Å². The van der Waals surface area contributed by atoms with Crippen molar-refractivity contribution in [3.63, 3.8) is 0 Å². The molecule has 1 atom stereocenters. The van der Waals surface area contributed by atoms with E-state index in [1.807, 2.05) is 0 Å². The van der Waals surface area contributed by atoms with Crippen LogP contribution in [0.3, 0.4) is 0 Å². The normalized spacial score (nSPS) is 11.0. The smallest absolute Gasteiger partial charge is 0.326 e. The molecule has 6 heteroatoms. The Hall–Kier alpha value is -2.55. The summed E-state index contributed by atoms with van der Waals surface area (Å²) in [7, 11) is 1.45. The highest BCUT2D eigenvalue weighted by Crippen LogP contribution is 2.16. The monoisotopic (exact) mass is 262 g/mol. The zero-order chi connectivity index (χ0) is 14.3. The van der Waals surface area contributed by atoms with Crippen LogP contribution in [-0.2, 0) is 9.53 Å². The van der Waals surface area contributed by atoms with Gasteiger partial charge in [0.05, 0.1) is 12.7 Å². The molecule has 1 aromatic carbocycles. The molecule has 0 spiro atoms. The summed E-state index contributed by atoms with van der Waals surface area (Å²) < 4.78 is 9.73. The van der Waals surface area contributed by atoms with Crippen molar-refractivity contribution in [3.8, 4) is 11.8 Å². The van der Waals surface area contributed by atoms with Crippen LogP contribution in [0.25, 0.3) is 0 Å². The van der Waals surface area contributed by atoms with Crippen LogP contribution in [0.15, 0.2) is 24.3 Å². The SMILES string of the molecule is COc1ccccc1C(=O)NCC(=O)O[C@H](C)C#N. The summed E-state index contributed by atoms with van der Waals surface area (Å²) in [5.41, 5.74) is 0.325. The Morgan fingerprint density at radius 1 is 1.42 bits per heavy atom. The third kappa shape index (κ3) is 4.32. The van der Waals surface area contributed by atoms with E-state index < -0.39 is 18.0 Å². The number of nitrogens with zero attached hydrogens (tertiary/aromatic N) is 1. The summed E-state index contributed by atoms with van der Waals surface area (Å²) in [4.78, 5) is 23.1. The molecule has 0 aliphatic rings. The van der Waals surface area contributed by atoms with Gasteiger partial charge in [-0.25, -0.2) is 0 Å². The Morgan fingerprint density at radius 2 is 2.11 bits per heavy atom. The third-order valence-electron chi connectivity index (χ3n) is 2.23. The van der Waals surface area contributed by atoms with Crippen molar-refractivity contribution in [1.82, 2.24) is 5.32 Å². The van der Waals surface area contributed by atoms with E-state index in [1.165, 1.54) is 14.0 Å². The number of carbonyl (C=O) groups is 2. The van der Waals surface area contributed by atoms with Gasteiger partial charge >= 0.3 is 5.97 Å². The maximum atomic E-state index is 11.8. The molecule has 0 aromatic heterocycles. The summed E-state index contributed by atoms with van der Waals surface area (Å²) >= 11 is 0. The van der Waals surface area contributed by atoms with Gasteiger partial charge in [0.25, 0.3) is 5.91 Å². The van der Waals surface area contributed by atoms with E-state index in [-0.39, 0.29) is 6.54 Å². The first kappa shape index (κ1) is 14.5. The van der Waals surface area contributed by atoms with Crippen molar-refractivity contribution < 1.29 is 19.1 Å². The van der Waals surface area contributed by atoms with E-state index in [1.54, 1.807) is 30.3 Å². The molecule has 1 rings (SSSR count). The number of amides is 1. The fraction of sp³-hybridized carbons (Fsp3) is 0.308. The first-order valence-electron chi connectivity index (χ1n) is 5.58. The van der Waals surface area contributed by atoms with Gasteiger partial charge in [-0.15, -0.1) is 0 Å². The minimum atomic E-state index is -0.837. The molecule has 0 unspecified atom stereocenters. The number of ether oxygens (including phenoxy) is 2. The molecule has 1 amide bonds. The lowest BCUT2D eigenvalue weighted by atomic mass is 10.2. The molecule has 0 fully saturated rings. The molecule has 0 aliphatic carbocycles. The van der Waals surface area contributed by atoms with Crippen LogP contribution in [0.1, 0.15) is 17.3 Å². The minimum absolute atomic E-state index is 0.303. The lowest BCUT2D eigenvalue weighted by molar-refractivity contribution is -0.144. The number of benzene rings is 1. The molecule has 19 heavy (non-hydrogen) atoms. The molecule has 0 bridgehead atoms. The second-order valence-electron chi connectivity index (χ2n) is 3.64. The van der Waals surface area contributed by atoms with E-state index in [9.17, 15) is 9.59 Å². The Balaban J connectivity index is 2.56. The molecule has 0 aliphatic heterocycles. The zero-order valence-electron chi connectivity index (χ0n) is 10.7. The average molecular weight is 262 g/mol. The molecule has 0 saturated carbocycles. The van der Waals surface area contributed by atoms with Crippen LogP contribution in [-0.4, -0.2) is 31.6 Å². The van der Waals surface area contributed by atoms with Crippen molar-refractivity contribution in [2.75, 3.05) is 13.7 Å². The highest BCUT2D eigenvalue weighted by atomic mass is 16.5. The summed E-state index contributed by atoms with van der Waals surface area (Å²) in [6, 6.07) is 8.40. The number of nitriles is 1. The molecule has 1 aromatic rings. The van der Waals surface area contributed by atoms with Gasteiger partial charge in [-0.1, -0.05) is 12.1 Å². The zero-order valence-corrected chi connectivity index (χ0v) is 10.7. The van der Waals surface area contributed by atoms with Gasteiger partial charge in [-0.2, -0.15) is 5.26 Å². The first-order chi connectivity index (χ1) is 9.08. The lowest BCUT2D eigenvalue weighted by Gasteiger charge is -2.09. The average Bonchev–Trinajstić information content (AvgIpc) is 2.44. The number of hydrogen-bond donors (Lipinski definition) is 1. The molecule has 0 radical (unpaired) electrons. The molecular weight excluding hydrogens is 248 g/mol. The van der Waals surface area contributed by atoms with E-state index >= 15 is 0 Å². The van der Waals surface area contributed by atoms with E-state index in [2.05, 4.69) is 5.32 Å². The van der Waals surface area contributed by atoms with Gasteiger partial charge in [-0.3, -0.25) is 9.59 Å². The van der Waals surface area contributed by atoms with E-state index in [0.717, 1.165) is 0 Å². The molecule has 0 saturated heterocycles. The highest BCUT2D eigenvalue weighted by Gasteiger charge is 2.14. The van der Waals surface area contributed by atoms with Crippen molar-refractivity contribution in [1.29, 1.82) is 5.26 Å². The van der Waals surface area contributed by atoms with Gasteiger partial charge in [0.15, 0.2) is 6.10 Å². The van der Waals surface area contributed by atoms with Gasteiger partial charge in [-0.05, 0) is 19.1 Å².